The highest BCUT2D eigenvalue weighted by Crippen LogP contribution is 2.43. The summed E-state index contributed by atoms with van der Waals surface area (Å²) < 4.78 is 16.0. The highest BCUT2D eigenvalue weighted by molar-refractivity contribution is 9.10. The summed E-state index contributed by atoms with van der Waals surface area (Å²) in [6.07, 6.45) is 0. The molecule has 0 unspecified atom stereocenters. The summed E-state index contributed by atoms with van der Waals surface area (Å²) in [5, 5.41) is 13.0. The van der Waals surface area contributed by atoms with Crippen molar-refractivity contribution in [2.45, 2.75) is 13.5 Å². The van der Waals surface area contributed by atoms with Gasteiger partial charge in [0.15, 0.2) is 0 Å². The zero-order valence-electron chi connectivity index (χ0n) is 14.4. The minimum absolute atomic E-state index is 0.203. The molecule has 6 heteroatoms. The normalized spacial score (nSPS) is 10.8. The van der Waals surface area contributed by atoms with Crippen LogP contribution in [0.15, 0.2) is 53.0 Å². The van der Waals surface area contributed by atoms with E-state index in [1.54, 1.807) is 23.7 Å². The monoisotopic (exact) mass is 416 g/mol. The minimum Gasteiger partial charge on any atom is -0.477 e. The van der Waals surface area contributed by atoms with Gasteiger partial charge in [-0.1, -0.05) is 40.2 Å². The summed E-state index contributed by atoms with van der Waals surface area (Å²) in [6, 6.07) is 13.6. The van der Waals surface area contributed by atoms with Crippen molar-refractivity contribution in [2.24, 2.45) is 0 Å². The van der Waals surface area contributed by atoms with E-state index in [4.69, 9.17) is 0 Å². The number of aromatic nitrogens is 1. The van der Waals surface area contributed by atoms with Gasteiger partial charge in [-0.25, -0.2) is 9.18 Å². The van der Waals surface area contributed by atoms with Crippen LogP contribution in [-0.2, 0) is 6.54 Å². The molecule has 0 radical (unpaired) electrons. The Labute approximate surface area is 159 Å². The van der Waals surface area contributed by atoms with Crippen molar-refractivity contribution in [1.82, 2.24) is 4.57 Å². The molecule has 2 aromatic carbocycles. The predicted molar refractivity (Wildman–Crippen MR) is 105 cm³/mol. The first kappa shape index (κ1) is 18.2. The summed E-state index contributed by atoms with van der Waals surface area (Å²) in [6.45, 7) is 2.38. The lowest BCUT2D eigenvalue weighted by atomic mass is 9.96. The molecule has 0 saturated heterocycles. The number of nitrogens with zero attached hydrogens (tertiary/aromatic N) is 1. The van der Waals surface area contributed by atoms with Crippen LogP contribution in [0.1, 0.15) is 17.4 Å². The van der Waals surface area contributed by atoms with Crippen molar-refractivity contribution in [1.29, 1.82) is 0 Å². The molecule has 0 bridgehead atoms. The van der Waals surface area contributed by atoms with Crippen molar-refractivity contribution in [2.75, 3.05) is 12.4 Å². The first-order valence-electron chi connectivity index (χ1n) is 8.17. The molecule has 0 aliphatic rings. The van der Waals surface area contributed by atoms with Crippen molar-refractivity contribution >= 4 is 27.7 Å². The fraction of sp³-hybridized carbons (Fsp3) is 0.150. The van der Waals surface area contributed by atoms with Crippen molar-refractivity contribution in [3.63, 3.8) is 0 Å². The van der Waals surface area contributed by atoms with Gasteiger partial charge in [0, 0.05) is 29.2 Å². The van der Waals surface area contributed by atoms with Gasteiger partial charge in [0.05, 0.1) is 0 Å². The maximum absolute atomic E-state index is 13.4. The highest BCUT2D eigenvalue weighted by Gasteiger charge is 2.27. The number of aromatic carboxylic acids is 1. The zero-order chi connectivity index (χ0) is 18.8. The molecule has 0 spiro atoms. The number of hydrogen-bond acceptors (Lipinski definition) is 2. The van der Waals surface area contributed by atoms with Crippen molar-refractivity contribution < 1.29 is 14.3 Å². The average molecular weight is 417 g/mol. The van der Waals surface area contributed by atoms with Crippen LogP contribution in [0.2, 0.25) is 0 Å². The van der Waals surface area contributed by atoms with Crippen LogP contribution in [0.5, 0.6) is 0 Å². The number of carbonyl (C=O) groups is 1. The van der Waals surface area contributed by atoms with Crippen LogP contribution in [0, 0.1) is 5.82 Å². The minimum atomic E-state index is -1.01. The quantitative estimate of drug-likeness (QED) is 0.578. The fourth-order valence-corrected chi connectivity index (χ4v) is 3.64. The molecule has 2 N–H and O–H groups in total. The smallest absolute Gasteiger partial charge is 0.353 e. The van der Waals surface area contributed by atoms with E-state index in [-0.39, 0.29) is 11.5 Å². The number of hydrogen-bond donors (Lipinski definition) is 2. The van der Waals surface area contributed by atoms with Gasteiger partial charge in [-0.05, 0) is 42.3 Å². The molecule has 1 heterocycles. The molecule has 0 saturated carbocycles. The van der Waals surface area contributed by atoms with Crippen LogP contribution in [0.3, 0.4) is 0 Å². The van der Waals surface area contributed by atoms with Crippen LogP contribution < -0.4 is 5.32 Å². The summed E-state index contributed by atoms with van der Waals surface area (Å²) in [5.41, 5.74) is 3.08. The lowest BCUT2D eigenvalue weighted by Crippen LogP contribution is -2.10. The molecular formula is C20H18BrFN2O2. The number of rotatable bonds is 5. The SMILES string of the molecule is CCn1c(NC)c(-c2ccc(F)cc2)c(-c2cccc(Br)c2)c1C(=O)O. The second-order valence-corrected chi connectivity index (χ2v) is 6.68. The average Bonchev–Trinajstić information content (AvgIpc) is 2.96. The van der Waals surface area contributed by atoms with Gasteiger partial charge in [-0.3, -0.25) is 0 Å². The second kappa shape index (κ2) is 7.33. The molecule has 26 heavy (non-hydrogen) atoms. The van der Waals surface area contributed by atoms with E-state index >= 15 is 0 Å². The molecule has 0 atom stereocenters. The summed E-state index contributed by atoms with van der Waals surface area (Å²) in [4.78, 5) is 12.1. The zero-order valence-corrected chi connectivity index (χ0v) is 16.0. The number of carboxylic acid groups (broad SMARTS) is 1. The molecule has 0 aliphatic heterocycles. The van der Waals surface area contributed by atoms with Gasteiger partial charge in [-0.15, -0.1) is 0 Å². The fourth-order valence-electron chi connectivity index (χ4n) is 3.24. The van der Waals surface area contributed by atoms with E-state index < -0.39 is 5.97 Å². The van der Waals surface area contributed by atoms with Crippen LogP contribution in [-0.4, -0.2) is 22.7 Å². The summed E-state index contributed by atoms with van der Waals surface area (Å²) in [5.74, 6) is -0.657. The van der Waals surface area contributed by atoms with Gasteiger partial charge in [0.25, 0.3) is 0 Å². The van der Waals surface area contributed by atoms with Crippen LogP contribution in [0.4, 0.5) is 10.2 Å². The van der Waals surface area contributed by atoms with Crippen molar-refractivity contribution in [3.05, 3.63) is 64.5 Å². The lowest BCUT2D eigenvalue weighted by molar-refractivity contribution is 0.0686. The highest BCUT2D eigenvalue weighted by atomic mass is 79.9. The second-order valence-electron chi connectivity index (χ2n) is 5.76. The Morgan fingerprint density at radius 2 is 1.85 bits per heavy atom. The van der Waals surface area contributed by atoms with Crippen molar-refractivity contribution in [3.8, 4) is 22.3 Å². The van der Waals surface area contributed by atoms with Gasteiger partial charge in [0.2, 0.25) is 0 Å². The molecule has 3 aromatic rings. The maximum Gasteiger partial charge on any atom is 0.353 e. The number of benzene rings is 2. The molecule has 0 aliphatic carbocycles. The molecular weight excluding hydrogens is 399 g/mol. The van der Waals surface area contributed by atoms with Gasteiger partial charge >= 0.3 is 5.97 Å². The number of carboxylic acids is 1. The van der Waals surface area contributed by atoms with E-state index in [9.17, 15) is 14.3 Å². The third kappa shape index (κ3) is 3.12. The molecule has 0 fully saturated rings. The molecule has 134 valence electrons. The van der Waals surface area contributed by atoms with E-state index in [0.717, 1.165) is 21.2 Å². The van der Waals surface area contributed by atoms with E-state index in [1.165, 1.54) is 12.1 Å². The van der Waals surface area contributed by atoms with Crippen LogP contribution in [0.25, 0.3) is 22.3 Å². The van der Waals surface area contributed by atoms with E-state index in [2.05, 4.69) is 21.2 Å². The predicted octanol–water partition coefficient (Wildman–Crippen LogP) is 5.48. The largest absolute Gasteiger partial charge is 0.477 e. The first-order valence-corrected chi connectivity index (χ1v) is 8.96. The number of anilines is 1. The standard InChI is InChI=1S/C20H18BrFN2O2/c1-3-24-18(20(25)26)16(13-5-4-6-14(21)11-13)17(19(24)23-2)12-7-9-15(22)10-8-12/h4-11,23H,3H2,1-2H3,(H,25,26). The Hall–Kier alpha value is -2.60. The Balaban J connectivity index is 2.44. The van der Waals surface area contributed by atoms with Gasteiger partial charge in [0.1, 0.15) is 17.3 Å². The third-order valence-corrected chi connectivity index (χ3v) is 4.76. The van der Waals surface area contributed by atoms with Gasteiger partial charge in [-0.2, -0.15) is 0 Å². The molecule has 1 aromatic heterocycles. The van der Waals surface area contributed by atoms with E-state index in [0.29, 0.717) is 17.9 Å². The Morgan fingerprint density at radius 1 is 1.15 bits per heavy atom. The number of nitrogens with one attached hydrogen (secondary N) is 1. The topological polar surface area (TPSA) is 54.3 Å². The summed E-state index contributed by atoms with van der Waals surface area (Å²) >= 11 is 3.45. The molecule has 3 rings (SSSR count). The Kier molecular flexibility index (Phi) is 5.13. The Bertz CT molecular complexity index is 965. The third-order valence-electron chi connectivity index (χ3n) is 4.27. The Morgan fingerprint density at radius 3 is 2.38 bits per heavy atom. The molecule has 0 amide bonds. The van der Waals surface area contributed by atoms with Crippen LogP contribution >= 0.6 is 15.9 Å². The lowest BCUT2D eigenvalue weighted by Gasteiger charge is -2.10. The van der Waals surface area contributed by atoms with Gasteiger partial charge < -0.3 is 15.0 Å². The number of halogens is 2. The first-order chi connectivity index (χ1) is 12.5. The summed E-state index contributed by atoms with van der Waals surface area (Å²) in [7, 11) is 1.75. The molecule has 4 nitrogen and oxygen atoms in total. The van der Waals surface area contributed by atoms with E-state index in [1.807, 2.05) is 31.2 Å². The maximum atomic E-state index is 13.4.